The summed E-state index contributed by atoms with van der Waals surface area (Å²) in [5.41, 5.74) is 6.26. The van der Waals surface area contributed by atoms with E-state index in [1.165, 1.54) is 12.8 Å². The first-order valence-electron chi connectivity index (χ1n) is 7.58. The number of rotatable bonds is 1. The quantitative estimate of drug-likeness (QED) is 0.779. The average Bonchev–Trinajstić information content (AvgIpc) is 2.35. The molecule has 0 bridgehead atoms. The number of nitrogens with two attached hydrogens (primary N) is 1. The van der Waals surface area contributed by atoms with E-state index in [0.717, 1.165) is 25.8 Å². The lowest BCUT2D eigenvalue weighted by atomic mass is 9.77. The molecule has 0 spiro atoms. The van der Waals surface area contributed by atoms with Gasteiger partial charge >= 0.3 is 0 Å². The van der Waals surface area contributed by atoms with Gasteiger partial charge in [-0.05, 0) is 44.4 Å². The van der Waals surface area contributed by atoms with Gasteiger partial charge in [-0.1, -0.05) is 20.3 Å². The minimum absolute atomic E-state index is 0.0654. The van der Waals surface area contributed by atoms with Crippen molar-refractivity contribution in [3.63, 3.8) is 0 Å². The lowest BCUT2D eigenvalue weighted by molar-refractivity contribution is -0.142. The summed E-state index contributed by atoms with van der Waals surface area (Å²) < 4.78 is 0. The Bertz CT molecular complexity index is 277. The van der Waals surface area contributed by atoms with Crippen LogP contribution in [0, 0.1) is 17.8 Å². The van der Waals surface area contributed by atoms with Gasteiger partial charge in [-0.3, -0.25) is 4.79 Å². The Balaban J connectivity index is 2.05. The van der Waals surface area contributed by atoms with Crippen LogP contribution in [-0.2, 0) is 4.79 Å². The first-order chi connectivity index (χ1) is 8.52. The minimum Gasteiger partial charge on any atom is -0.339 e. The summed E-state index contributed by atoms with van der Waals surface area (Å²) in [6.45, 7) is 7.57. The average molecular weight is 252 g/mol. The molecule has 1 aliphatic heterocycles. The van der Waals surface area contributed by atoms with E-state index in [9.17, 15) is 4.79 Å². The molecule has 0 aromatic carbocycles. The molecule has 2 aliphatic rings. The van der Waals surface area contributed by atoms with E-state index in [1.54, 1.807) is 0 Å². The van der Waals surface area contributed by atoms with Gasteiger partial charge in [0.1, 0.15) is 0 Å². The van der Waals surface area contributed by atoms with Gasteiger partial charge in [0.05, 0.1) is 5.92 Å². The third-order valence-electron chi connectivity index (χ3n) is 5.27. The number of hydrogen-bond acceptors (Lipinski definition) is 2. The highest BCUT2D eigenvalue weighted by Crippen LogP contribution is 2.32. The summed E-state index contributed by atoms with van der Waals surface area (Å²) in [7, 11) is 0. The van der Waals surface area contributed by atoms with E-state index in [4.69, 9.17) is 5.73 Å². The fraction of sp³-hybridized carbons (Fsp3) is 0.933. The summed E-state index contributed by atoms with van der Waals surface area (Å²) >= 11 is 0. The molecule has 0 radical (unpaired) electrons. The van der Waals surface area contributed by atoms with Gasteiger partial charge in [0.2, 0.25) is 5.91 Å². The zero-order valence-corrected chi connectivity index (χ0v) is 12.1. The highest BCUT2D eigenvalue weighted by atomic mass is 16.2. The molecule has 1 saturated carbocycles. The minimum atomic E-state index is 0.0654. The van der Waals surface area contributed by atoms with Crippen molar-refractivity contribution in [2.24, 2.45) is 23.5 Å². The predicted octanol–water partition coefficient (Wildman–Crippen LogP) is 2.40. The number of amides is 1. The number of nitrogens with zero attached hydrogens (tertiary/aromatic N) is 1. The normalized spacial score (nSPS) is 41.8. The second-order valence-corrected chi connectivity index (χ2v) is 6.48. The molecule has 1 saturated heterocycles. The molecule has 5 unspecified atom stereocenters. The standard InChI is InChI=1S/C15H28N2O/c1-10-7-5-9-17(12(10)3)15(18)13-8-4-6-11(2)14(13)16/h10-14H,4-9,16H2,1-3H3. The summed E-state index contributed by atoms with van der Waals surface area (Å²) in [5.74, 6) is 1.51. The molecule has 0 aromatic rings. The van der Waals surface area contributed by atoms with Crippen molar-refractivity contribution in [3.05, 3.63) is 0 Å². The maximum Gasteiger partial charge on any atom is 0.227 e. The van der Waals surface area contributed by atoms with Crippen molar-refractivity contribution < 1.29 is 4.79 Å². The van der Waals surface area contributed by atoms with E-state index in [2.05, 4.69) is 25.7 Å². The Morgan fingerprint density at radius 2 is 1.72 bits per heavy atom. The highest BCUT2D eigenvalue weighted by Gasteiger charge is 2.38. The van der Waals surface area contributed by atoms with Crippen LogP contribution < -0.4 is 5.73 Å². The Hall–Kier alpha value is -0.570. The fourth-order valence-corrected chi connectivity index (χ4v) is 3.59. The zero-order valence-electron chi connectivity index (χ0n) is 12.1. The van der Waals surface area contributed by atoms with Crippen molar-refractivity contribution in [1.82, 2.24) is 4.90 Å². The Morgan fingerprint density at radius 3 is 2.44 bits per heavy atom. The van der Waals surface area contributed by atoms with Crippen LogP contribution >= 0.6 is 0 Å². The molecular formula is C15H28N2O. The summed E-state index contributed by atoms with van der Waals surface area (Å²) in [4.78, 5) is 14.8. The van der Waals surface area contributed by atoms with Crippen molar-refractivity contribution in [3.8, 4) is 0 Å². The maximum absolute atomic E-state index is 12.7. The van der Waals surface area contributed by atoms with E-state index in [0.29, 0.717) is 23.8 Å². The lowest BCUT2D eigenvalue weighted by Crippen LogP contribution is -2.53. The highest BCUT2D eigenvalue weighted by molar-refractivity contribution is 5.80. The molecule has 1 heterocycles. The van der Waals surface area contributed by atoms with Gasteiger partial charge in [0, 0.05) is 18.6 Å². The first-order valence-corrected chi connectivity index (χ1v) is 7.58. The third kappa shape index (κ3) is 2.56. The van der Waals surface area contributed by atoms with Crippen LogP contribution in [0.1, 0.15) is 52.9 Å². The van der Waals surface area contributed by atoms with Gasteiger partial charge in [-0.2, -0.15) is 0 Å². The first kappa shape index (κ1) is 13.9. The van der Waals surface area contributed by atoms with Crippen molar-refractivity contribution in [2.45, 2.75) is 65.0 Å². The van der Waals surface area contributed by atoms with E-state index < -0.39 is 0 Å². The monoisotopic (exact) mass is 252 g/mol. The molecule has 3 heteroatoms. The Labute approximate surface area is 111 Å². The molecule has 1 amide bonds. The molecule has 5 atom stereocenters. The van der Waals surface area contributed by atoms with Crippen LogP contribution in [0.15, 0.2) is 0 Å². The lowest BCUT2D eigenvalue weighted by Gasteiger charge is -2.42. The number of carbonyl (C=O) groups is 1. The van der Waals surface area contributed by atoms with E-state index in [1.807, 2.05) is 0 Å². The number of likely N-dealkylation sites (tertiary alicyclic amines) is 1. The van der Waals surface area contributed by atoms with Crippen LogP contribution in [0.3, 0.4) is 0 Å². The van der Waals surface area contributed by atoms with E-state index in [-0.39, 0.29) is 12.0 Å². The topological polar surface area (TPSA) is 46.3 Å². The maximum atomic E-state index is 12.7. The molecule has 1 aliphatic carbocycles. The van der Waals surface area contributed by atoms with Crippen molar-refractivity contribution >= 4 is 5.91 Å². The SMILES string of the molecule is CC1CCCC(C(=O)N2CCCC(C)C2C)C1N. The fourth-order valence-electron chi connectivity index (χ4n) is 3.59. The van der Waals surface area contributed by atoms with Crippen LogP contribution in [0.4, 0.5) is 0 Å². The van der Waals surface area contributed by atoms with Gasteiger partial charge < -0.3 is 10.6 Å². The van der Waals surface area contributed by atoms with Crippen LogP contribution in [0.2, 0.25) is 0 Å². The largest absolute Gasteiger partial charge is 0.339 e. The second kappa shape index (κ2) is 5.60. The molecule has 18 heavy (non-hydrogen) atoms. The van der Waals surface area contributed by atoms with E-state index >= 15 is 0 Å². The van der Waals surface area contributed by atoms with Gasteiger partial charge in [-0.25, -0.2) is 0 Å². The molecule has 2 rings (SSSR count). The van der Waals surface area contributed by atoms with Crippen LogP contribution in [-0.4, -0.2) is 29.4 Å². The van der Waals surface area contributed by atoms with Crippen molar-refractivity contribution in [2.75, 3.05) is 6.54 Å². The van der Waals surface area contributed by atoms with Gasteiger partial charge in [0.25, 0.3) is 0 Å². The molecular weight excluding hydrogens is 224 g/mol. The zero-order chi connectivity index (χ0) is 13.3. The Morgan fingerprint density at radius 1 is 1.06 bits per heavy atom. The predicted molar refractivity (Wildman–Crippen MR) is 74.1 cm³/mol. The Kier molecular flexibility index (Phi) is 4.31. The summed E-state index contributed by atoms with van der Waals surface area (Å²) in [6.07, 6.45) is 5.72. The molecule has 2 fully saturated rings. The molecule has 3 nitrogen and oxygen atoms in total. The van der Waals surface area contributed by atoms with Crippen LogP contribution in [0.5, 0.6) is 0 Å². The molecule has 104 valence electrons. The third-order valence-corrected chi connectivity index (χ3v) is 5.27. The smallest absolute Gasteiger partial charge is 0.227 e. The van der Waals surface area contributed by atoms with Gasteiger partial charge in [-0.15, -0.1) is 0 Å². The van der Waals surface area contributed by atoms with Crippen molar-refractivity contribution in [1.29, 1.82) is 0 Å². The van der Waals surface area contributed by atoms with Gasteiger partial charge in [0.15, 0.2) is 0 Å². The van der Waals surface area contributed by atoms with Crippen LogP contribution in [0.25, 0.3) is 0 Å². The number of piperidine rings is 1. The summed E-state index contributed by atoms with van der Waals surface area (Å²) in [5, 5.41) is 0. The number of hydrogen-bond donors (Lipinski definition) is 1. The molecule has 0 aromatic heterocycles. The summed E-state index contributed by atoms with van der Waals surface area (Å²) in [6, 6.07) is 0.450. The molecule has 2 N–H and O–H groups in total. The second-order valence-electron chi connectivity index (χ2n) is 6.48. The number of carbonyl (C=O) groups excluding carboxylic acids is 1.